The minimum absolute atomic E-state index is 0.0353. The Morgan fingerprint density at radius 3 is 2.88 bits per heavy atom. The highest BCUT2D eigenvalue weighted by atomic mass is 35.5. The Morgan fingerprint density at radius 2 is 2.25 bits per heavy atom. The summed E-state index contributed by atoms with van der Waals surface area (Å²) in [5, 5.41) is 5.44. The predicted octanol–water partition coefficient (Wildman–Crippen LogP) is 2.42. The van der Waals surface area contributed by atoms with E-state index in [0.717, 1.165) is 0 Å². The van der Waals surface area contributed by atoms with E-state index in [9.17, 15) is 9.18 Å². The first kappa shape index (κ1) is 12.8. The molecule has 1 unspecified atom stereocenters. The van der Waals surface area contributed by atoms with Gasteiger partial charge in [-0.15, -0.1) is 0 Å². The van der Waals surface area contributed by atoms with Crippen molar-refractivity contribution >= 4 is 23.2 Å². The molecule has 0 spiro atoms. The predicted molar refractivity (Wildman–Crippen MR) is 63.2 cm³/mol. The van der Waals surface area contributed by atoms with Crippen molar-refractivity contribution < 1.29 is 9.18 Å². The molecule has 0 fully saturated rings. The van der Waals surface area contributed by atoms with Crippen molar-refractivity contribution in [2.45, 2.75) is 19.9 Å². The van der Waals surface area contributed by atoms with Crippen LogP contribution in [0.4, 0.5) is 10.1 Å². The van der Waals surface area contributed by atoms with E-state index < -0.39 is 11.9 Å². The Hall–Kier alpha value is -1.29. The maximum absolute atomic E-state index is 13.5. The molecule has 16 heavy (non-hydrogen) atoms. The molecular weight excluding hydrogens is 231 g/mol. The van der Waals surface area contributed by atoms with E-state index in [0.29, 0.717) is 6.54 Å². The molecule has 88 valence electrons. The first-order chi connectivity index (χ1) is 7.56. The maximum atomic E-state index is 13.5. The van der Waals surface area contributed by atoms with E-state index in [-0.39, 0.29) is 16.6 Å². The van der Waals surface area contributed by atoms with Crippen LogP contribution in [-0.4, -0.2) is 18.5 Å². The lowest BCUT2D eigenvalue weighted by molar-refractivity contribution is -0.121. The van der Waals surface area contributed by atoms with Crippen LogP contribution in [-0.2, 0) is 4.79 Å². The van der Waals surface area contributed by atoms with Gasteiger partial charge >= 0.3 is 0 Å². The summed E-state index contributed by atoms with van der Waals surface area (Å²) in [6.45, 7) is 4.03. The lowest BCUT2D eigenvalue weighted by Crippen LogP contribution is -2.37. The van der Waals surface area contributed by atoms with Crippen LogP contribution in [0.15, 0.2) is 18.2 Å². The van der Waals surface area contributed by atoms with Crippen LogP contribution in [0.1, 0.15) is 13.8 Å². The van der Waals surface area contributed by atoms with Crippen molar-refractivity contribution in [3.8, 4) is 0 Å². The summed E-state index contributed by atoms with van der Waals surface area (Å²) in [4.78, 5) is 11.4. The largest absolute Gasteiger partial charge is 0.371 e. The van der Waals surface area contributed by atoms with Crippen molar-refractivity contribution in [3.63, 3.8) is 0 Å². The fraction of sp³-hybridized carbons (Fsp3) is 0.364. The molecule has 0 aliphatic heterocycles. The van der Waals surface area contributed by atoms with E-state index in [1.165, 1.54) is 12.1 Å². The van der Waals surface area contributed by atoms with Gasteiger partial charge in [0.25, 0.3) is 0 Å². The summed E-state index contributed by atoms with van der Waals surface area (Å²) in [6, 6.07) is 4.11. The van der Waals surface area contributed by atoms with Crippen LogP contribution in [0, 0.1) is 5.82 Å². The zero-order valence-electron chi connectivity index (χ0n) is 9.18. The SMILES string of the molecule is CCNC(=O)C(C)Nc1cccc(Cl)c1F. The molecule has 1 aromatic rings. The Kier molecular flexibility index (Phi) is 4.55. The van der Waals surface area contributed by atoms with Gasteiger partial charge in [0.05, 0.1) is 10.7 Å². The van der Waals surface area contributed by atoms with Gasteiger partial charge in [-0.3, -0.25) is 4.79 Å². The van der Waals surface area contributed by atoms with Gasteiger partial charge in [0.15, 0.2) is 5.82 Å². The van der Waals surface area contributed by atoms with Gasteiger partial charge in [-0.2, -0.15) is 0 Å². The zero-order chi connectivity index (χ0) is 12.1. The first-order valence-corrected chi connectivity index (χ1v) is 5.42. The molecule has 0 heterocycles. The maximum Gasteiger partial charge on any atom is 0.242 e. The molecule has 1 atom stereocenters. The number of benzene rings is 1. The van der Waals surface area contributed by atoms with E-state index >= 15 is 0 Å². The molecule has 0 aliphatic rings. The number of likely N-dealkylation sites (N-methyl/N-ethyl adjacent to an activating group) is 1. The molecule has 2 N–H and O–H groups in total. The molecule has 0 aromatic heterocycles. The number of hydrogen-bond acceptors (Lipinski definition) is 2. The number of carbonyl (C=O) groups is 1. The lowest BCUT2D eigenvalue weighted by Gasteiger charge is -2.15. The Labute approximate surface area is 99.0 Å². The Balaban J connectivity index is 2.73. The van der Waals surface area contributed by atoms with Crippen molar-refractivity contribution in [2.24, 2.45) is 0 Å². The van der Waals surface area contributed by atoms with E-state index in [2.05, 4.69) is 10.6 Å². The second-order valence-electron chi connectivity index (χ2n) is 3.36. The second kappa shape index (κ2) is 5.70. The van der Waals surface area contributed by atoms with E-state index in [4.69, 9.17) is 11.6 Å². The third kappa shape index (κ3) is 3.10. The summed E-state index contributed by atoms with van der Waals surface area (Å²) in [5.41, 5.74) is 0.228. The van der Waals surface area contributed by atoms with Crippen LogP contribution in [0.3, 0.4) is 0 Å². The normalized spacial score (nSPS) is 12.0. The minimum atomic E-state index is -0.541. The van der Waals surface area contributed by atoms with Crippen LogP contribution in [0.25, 0.3) is 0 Å². The number of hydrogen-bond donors (Lipinski definition) is 2. The lowest BCUT2D eigenvalue weighted by atomic mass is 10.2. The summed E-state index contributed by atoms with van der Waals surface area (Å²) in [5.74, 6) is -0.720. The molecule has 0 radical (unpaired) electrons. The van der Waals surface area contributed by atoms with Crippen LogP contribution in [0.2, 0.25) is 5.02 Å². The fourth-order valence-electron chi connectivity index (χ4n) is 1.24. The highest BCUT2D eigenvalue weighted by Gasteiger charge is 2.14. The molecule has 0 saturated carbocycles. The topological polar surface area (TPSA) is 41.1 Å². The average Bonchev–Trinajstić information content (AvgIpc) is 2.25. The van der Waals surface area contributed by atoms with Crippen molar-refractivity contribution in [2.75, 3.05) is 11.9 Å². The van der Waals surface area contributed by atoms with Gasteiger partial charge in [-0.25, -0.2) is 4.39 Å². The van der Waals surface area contributed by atoms with Crippen LogP contribution < -0.4 is 10.6 Å². The van der Waals surface area contributed by atoms with Crippen LogP contribution in [0.5, 0.6) is 0 Å². The van der Waals surface area contributed by atoms with Gasteiger partial charge in [-0.05, 0) is 26.0 Å². The standard InChI is InChI=1S/C11H14ClFN2O/c1-3-14-11(16)7(2)15-9-6-4-5-8(12)10(9)13/h4-7,15H,3H2,1-2H3,(H,14,16). The van der Waals surface area contributed by atoms with Gasteiger partial charge in [0, 0.05) is 6.54 Å². The zero-order valence-corrected chi connectivity index (χ0v) is 9.94. The average molecular weight is 245 g/mol. The number of carbonyl (C=O) groups excluding carboxylic acids is 1. The Morgan fingerprint density at radius 1 is 1.56 bits per heavy atom. The third-order valence-electron chi connectivity index (χ3n) is 2.07. The third-order valence-corrected chi connectivity index (χ3v) is 2.36. The summed E-state index contributed by atoms with van der Waals surface area (Å²) in [6.07, 6.45) is 0. The number of amides is 1. The molecule has 1 rings (SSSR count). The van der Waals surface area contributed by atoms with Gasteiger partial charge in [0.2, 0.25) is 5.91 Å². The van der Waals surface area contributed by atoms with Crippen molar-refractivity contribution in [3.05, 3.63) is 29.0 Å². The van der Waals surface area contributed by atoms with Crippen molar-refractivity contribution in [1.29, 1.82) is 0 Å². The quantitative estimate of drug-likeness (QED) is 0.854. The van der Waals surface area contributed by atoms with E-state index in [1.807, 2.05) is 6.92 Å². The van der Waals surface area contributed by atoms with E-state index in [1.54, 1.807) is 13.0 Å². The van der Waals surface area contributed by atoms with Gasteiger partial charge in [0.1, 0.15) is 6.04 Å². The molecule has 1 aromatic carbocycles. The Bertz CT molecular complexity index is 384. The van der Waals surface area contributed by atoms with Gasteiger partial charge in [-0.1, -0.05) is 17.7 Å². The minimum Gasteiger partial charge on any atom is -0.371 e. The molecule has 1 amide bonds. The number of rotatable bonds is 4. The first-order valence-electron chi connectivity index (χ1n) is 5.04. The second-order valence-corrected chi connectivity index (χ2v) is 3.77. The monoisotopic (exact) mass is 244 g/mol. The molecule has 3 nitrogen and oxygen atoms in total. The molecule has 0 aliphatic carbocycles. The number of anilines is 1. The fourth-order valence-corrected chi connectivity index (χ4v) is 1.42. The van der Waals surface area contributed by atoms with Crippen molar-refractivity contribution in [1.82, 2.24) is 5.32 Å². The summed E-state index contributed by atoms with van der Waals surface area (Å²) in [7, 11) is 0. The van der Waals surface area contributed by atoms with Crippen LogP contribution >= 0.6 is 11.6 Å². The summed E-state index contributed by atoms with van der Waals surface area (Å²) < 4.78 is 13.5. The molecular formula is C11H14ClFN2O. The highest BCUT2D eigenvalue weighted by Crippen LogP contribution is 2.22. The smallest absolute Gasteiger partial charge is 0.242 e. The van der Waals surface area contributed by atoms with Gasteiger partial charge < -0.3 is 10.6 Å². The molecule has 5 heteroatoms. The number of nitrogens with one attached hydrogen (secondary N) is 2. The number of halogens is 2. The molecule has 0 saturated heterocycles. The summed E-state index contributed by atoms with van der Waals surface area (Å²) >= 11 is 5.62. The molecule has 0 bridgehead atoms. The highest BCUT2D eigenvalue weighted by molar-refractivity contribution is 6.31.